The van der Waals surface area contributed by atoms with Crippen molar-refractivity contribution in [2.45, 2.75) is 26.8 Å². The molecule has 1 aromatic heterocycles. The highest BCUT2D eigenvalue weighted by atomic mass is 32.1. The smallest absolute Gasteiger partial charge is 0.186 e. The average molecular weight is 287 g/mol. The second-order valence-corrected chi connectivity index (χ2v) is 6.00. The Morgan fingerprint density at radius 3 is 2.45 bits per heavy atom. The van der Waals surface area contributed by atoms with Crippen LogP contribution in [0, 0.1) is 0 Å². The molecule has 1 aromatic carbocycles. The number of carbonyl (C=O) groups excluding carboxylic acids is 1. The molecule has 0 bridgehead atoms. The Morgan fingerprint density at radius 2 is 1.85 bits per heavy atom. The number of Topliss-reactive ketones (excluding diaryl/α,β-unsaturated/α-hetero) is 1. The first-order chi connectivity index (χ1) is 9.72. The lowest BCUT2D eigenvalue weighted by atomic mass is 10.2. The van der Waals surface area contributed by atoms with Gasteiger partial charge in [0.1, 0.15) is 0 Å². The van der Waals surface area contributed by atoms with Crippen LogP contribution in [0.1, 0.15) is 34.0 Å². The van der Waals surface area contributed by atoms with Gasteiger partial charge < -0.3 is 0 Å². The molecule has 0 spiro atoms. The van der Waals surface area contributed by atoms with E-state index in [1.165, 1.54) is 10.4 Å². The fourth-order valence-electron chi connectivity index (χ4n) is 2.12. The lowest BCUT2D eigenvalue weighted by Crippen LogP contribution is -2.29. The summed E-state index contributed by atoms with van der Waals surface area (Å²) in [4.78, 5) is 16.6. The highest BCUT2D eigenvalue weighted by Gasteiger charge is 2.13. The second-order valence-electron chi connectivity index (χ2n) is 4.83. The van der Waals surface area contributed by atoms with Gasteiger partial charge in [0.15, 0.2) is 5.78 Å². The van der Waals surface area contributed by atoms with E-state index in [1.54, 1.807) is 11.3 Å². The van der Waals surface area contributed by atoms with Crippen molar-refractivity contribution < 1.29 is 4.79 Å². The fourth-order valence-corrected chi connectivity index (χ4v) is 3.00. The van der Waals surface area contributed by atoms with Crippen LogP contribution in [0.2, 0.25) is 0 Å². The molecule has 2 rings (SSSR count). The van der Waals surface area contributed by atoms with Gasteiger partial charge in [-0.05, 0) is 30.7 Å². The Morgan fingerprint density at radius 1 is 1.10 bits per heavy atom. The summed E-state index contributed by atoms with van der Waals surface area (Å²) >= 11 is 1.62. The molecule has 0 aliphatic carbocycles. The maximum absolute atomic E-state index is 12.3. The van der Waals surface area contributed by atoms with E-state index in [4.69, 9.17) is 0 Å². The van der Waals surface area contributed by atoms with Crippen LogP contribution in [-0.2, 0) is 13.0 Å². The van der Waals surface area contributed by atoms with Crippen LogP contribution >= 0.6 is 11.3 Å². The van der Waals surface area contributed by atoms with Crippen LogP contribution in [0.4, 0.5) is 0 Å². The summed E-state index contributed by atoms with van der Waals surface area (Å²) < 4.78 is 0. The minimum absolute atomic E-state index is 0.229. The Hall–Kier alpha value is -1.45. The summed E-state index contributed by atoms with van der Waals surface area (Å²) in [5, 5.41) is 0. The number of benzene rings is 1. The van der Waals surface area contributed by atoms with Gasteiger partial charge in [-0.1, -0.05) is 44.2 Å². The number of aryl methyl sites for hydroxylation is 1. The molecule has 1 heterocycles. The van der Waals surface area contributed by atoms with E-state index in [-0.39, 0.29) is 5.78 Å². The molecule has 0 N–H and O–H groups in total. The number of hydrogen-bond donors (Lipinski definition) is 0. The molecule has 2 nitrogen and oxygen atoms in total. The SMILES string of the molecule is CCc1ccc(C(=O)CN(CC)Cc2ccccc2)s1. The van der Waals surface area contributed by atoms with Crippen LogP contribution in [0.25, 0.3) is 0 Å². The molecule has 3 heteroatoms. The highest BCUT2D eigenvalue weighted by Crippen LogP contribution is 2.18. The van der Waals surface area contributed by atoms with Crippen molar-refractivity contribution in [3.05, 3.63) is 57.8 Å². The summed E-state index contributed by atoms with van der Waals surface area (Å²) in [5.41, 5.74) is 1.25. The third kappa shape index (κ3) is 4.02. The summed E-state index contributed by atoms with van der Waals surface area (Å²) in [6.07, 6.45) is 0.999. The first-order valence-electron chi connectivity index (χ1n) is 7.11. The molecule has 0 radical (unpaired) electrons. The zero-order valence-electron chi connectivity index (χ0n) is 12.1. The summed E-state index contributed by atoms with van der Waals surface area (Å²) in [6, 6.07) is 14.3. The molecular weight excluding hydrogens is 266 g/mol. The van der Waals surface area contributed by atoms with E-state index in [0.717, 1.165) is 24.4 Å². The molecule has 20 heavy (non-hydrogen) atoms. The molecule has 2 aromatic rings. The van der Waals surface area contributed by atoms with E-state index in [0.29, 0.717) is 6.54 Å². The van der Waals surface area contributed by atoms with Gasteiger partial charge in [0.2, 0.25) is 0 Å². The number of carbonyl (C=O) groups is 1. The van der Waals surface area contributed by atoms with Crippen LogP contribution < -0.4 is 0 Å². The van der Waals surface area contributed by atoms with Crippen molar-refractivity contribution in [1.29, 1.82) is 0 Å². The number of likely N-dealkylation sites (N-methyl/N-ethyl adjacent to an activating group) is 1. The minimum atomic E-state index is 0.229. The Bertz CT molecular complexity index is 547. The molecule has 0 saturated heterocycles. The quantitative estimate of drug-likeness (QED) is 0.717. The van der Waals surface area contributed by atoms with Crippen molar-refractivity contribution in [3.63, 3.8) is 0 Å². The van der Waals surface area contributed by atoms with Crippen LogP contribution in [0.5, 0.6) is 0 Å². The Balaban J connectivity index is 1.97. The summed E-state index contributed by atoms with van der Waals surface area (Å²) in [7, 11) is 0. The number of nitrogens with zero attached hydrogens (tertiary/aromatic N) is 1. The Kier molecular flexibility index (Phi) is 5.50. The predicted molar refractivity (Wildman–Crippen MR) is 85.4 cm³/mol. The third-order valence-electron chi connectivity index (χ3n) is 3.35. The lowest BCUT2D eigenvalue weighted by Gasteiger charge is -2.19. The first kappa shape index (κ1) is 14.9. The van der Waals surface area contributed by atoms with E-state index in [2.05, 4.69) is 36.9 Å². The van der Waals surface area contributed by atoms with Gasteiger partial charge in [-0.15, -0.1) is 11.3 Å². The van der Waals surface area contributed by atoms with Gasteiger partial charge in [0.05, 0.1) is 11.4 Å². The predicted octanol–water partition coefficient (Wildman–Crippen LogP) is 4.02. The first-order valence-corrected chi connectivity index (χ1v) is 7.92. The molecule has 0 aliphatic heterocycles. The van der Waals surface area contributed by atoms with Gasteiger partial charge >= 0.3 is 0 Å². The van der Waals surface area contributed by atoms with Gasteiger partial charge in [-0.3, -0.25) is 9.69 Å². The number of ketones is 1. The molecular formula is C17H21NOS. The third-order valence-corrected chi connectivity index (χ3v) is 4.62. The summed E-state index contributed by atoms with van der Waals surface area (Å²) in [6.45, 7) is 6.42. The molecule has 0 aliphatic rings. The maximum Gasteiger partial charge on any atom is 0.186 e. The molecule has 106 valence electrons. The van der Waals surface area contributed by atoms with E-state index in [9.17, 15) is 4.79 Å². The van der Waals surface area contributed by atoms with Crippen LogP contribution in [0.15, 0.2) is 42.5 Å². The monoisotopic (exact) mass is 287 g/mol. The van der Waals surface area contributed by atoms with E-state index < -0.39 is 0 Å². The number of thiophene rings is 1. The largest absolute Gasteiger partial charge is 0.292 e. The number of hydrogen-bond acceptors (Lipinski definition) is 3. The maximum atomic E-state index is 12.3. The number of rotatable bonds is 7. The van der Waals surface area contributed by atoms with E-state index in [1.807, 2.05) is 24.3 Å². The van der Waals surface area contributed by atoms with Gasteiger partial charge in [-0.25, -0.2) is 0 Å². The minimum Gasteiger partial charge on any atom is -0.292 e. The molecule has 0 amide bonds. The van der Waals surface area contributed by atoms with Crippen LogP contribution in [-0.4, -0.2) is 23.8 Å². The van der Waals surface area contributed by atoms with E-state index >= 15 is 0 Å². The molecule has 0 unspecified atom stereocenters. The molecule has 0 atom stereocenters. The zero-order valence-corrected chi connectivity index (χ0v) is 13.0. The van der Waals surface area contributed by atoms with Crippen molar-refractivity contribution in [2.75, 3.05) is 13.1 Å². The topological polar surface area (TPSA) is 20.3 Å². The zero-order chi connectivity index (χ0) is 14.4. The summed E-state index contributed by atoms with van der Waals surface area (Å²) in [5.74, 6) is 0.229. The van der Waals surface area contributed by atoms with Crippen LogP contribution in [0.3, 0.4) is 0 Å². The fraction of sp³-hybridized carbons (Fsp3) is 0.353. The van der Waals surface area contributed by atoms with Crippen molar-refractivity contribution >= 4 is 17.1 Å². The van der Waals surface area contributed by atoms with Gasteiger partial charge in [0.25, 0.3) is 0 Å². The second kappa shape index (κ2) is 7.36. The average Bonchev–Trinajstić information content (AvgIpc) is 2.96. The molecule has 0 fully saturated rings. The van der Waals surface area contributed by atoms with Gasteiger partial charge in [0, 0.05) is 11.4 Å². The Labute approximate surface area is 125 Å². The normalized spacial score (nSPS) is 10.9. The van der Waals surface area contributed by atoms with Crippen molar-refractivity contribution in [1.82, 2.24) is 4.90 Å². The standard InChI is InChI=1S/C17H21NOS/c1-3-15-10-11-17(20-15)16(19)13-18(4-2)12-14-8-6-5-7-9-14/h5-11H,3-4,12-13H2,1-2H3. The highest BCUT2D eigenvalue weighted by molar-refractivity contribution is 7.14. The lowest BCUT2D eigenvalue weighted by molar-refractivity contribution is 0.0933. The van der Waals surface area contributed by atoms with Crippen molar-refractivity contribution in [3.8, 4) is 0 Å². The molecule has 0 saturated carbocycles. The van der Waals surface area contributed by atoms with Gasteiger partial charge in [-0.2, -0.15) is 0 Å². The van der Waals surface area contributed by atoms with Crippen molar-refractivity contribution in [2.24, 2.45) is 0 Å².